The number of rotatable bonds is 3. The number of para-hydroxylation sites is 2. The lowest BCUT2D eigenvalue weighted by Gasteiger charge is -2.05. The number of anilines is 1. The molecule has 0 aliphatic carbocycles. The van der Waals surface area contributed by atoms with Crippen LogP contribution in [0.5, 0.6) is 11.5 Å². The minimum absolute atomic E-state index is 0.114. The van der Waals surface area contributed by atoms with Crippen molar-refractivity contribution in [2.75, 3.05) is 5.73 Å². The molecule has 0 bridgehead atoms. The summed E-state index contributed by atoms with van der Waals surface area (Å²) in [5.74, 6) is 1.23. The van der Waals surface area contributed by atoms with Crippen LogP contribution in [0.1, 0.15) is 5.76 Å². The van der Waals surface area contributed by atoms with E-state index in [0.717, 1.165) is 11.0 Å². The number of ether oxygens (including phenoxy) is 1. The summed E-state index contributed by atoms with van der Waals surface area (Å²) in [6.45, 7) is 0.256. The van der Waals surface area contributed by atoms with Gasteiger partial charge in [0.25, 0.3) is 0 Å². The molecule has 0 fully saturated rings. The molecule has 96 valence electrons. The van der Waals surface area contributed by atoms with Crippen molar-refractivity contribution in [1.82, 2.24) is 0 Å². The Kier molecular flexibility index (Phi) is 2.76. The molecule has 1 aromatic heterocycles. The van der Waals surface area contributed by atoms with E-state index in [1.165, 1.54) is 0 Å². The molecule has 1 heterocycles. The quantitative estimate of drug-likeness (QED) is 0.704. The lowest BCUT2D eigenvalue weighted by molar-refractivity contribution is 0.262. The van der Waals surface area contributed by atoms with E-state index in [1.54, 1.807) is 30.3 Å². The molecule has 0 aliphatic heterocycles. The van der Waals surface area contributed by atoms with E-state index >= 15 is 0 Å². The maximum atomic E-state index is 9.59. The fourth-order valence-electron chi connectivity index (χ4n) is 1.92. The molecular formula is C15H13NO3. The van der Waals surface area contributed by atoms with Crippen molar-refractivity contribution in [2.45, 2.75) is 6.61 Å². The van der Waals surface area contributed by atoms with E-state index in [1.807, 2.05) is 18.2 Å². The fourth-order valence-corrected chi connectivity index (χ4v) is 1.92. The molecule has 0 spiro atoms. The van der Waals surface area contributed by atoms with Gasteiger partial charge in [0.1, 0.15) is 18.0 Å². The third-order valence-corrected chi connectivity index (χ3v) is 2.83. The van der Waals surface area contributed by atoms with Gasteiger partial charge in [0.2, 0.25) is 0 Å². The summed E-state index contributed by atoms with van der Waals surface area (Å²) in [5.41, 5.74) is 7.18. The molecule has 3 rings (SSSR count). The van der Waals surface area contributed by atoms with E-state index in [0.29, 0.717) is 17.2 Å². The van der Waals surface area contributed by atoms with Crippen LogP contribution in [0, 0.1) is 0 Å². The van der Waals surface area contributed by atoms with Crippen LogP contribution in [0.4, 0.5) is 5.69 Å². The predicted octanol–water partition coefficient (Wildman–Crippen LogP) is 3.30. The number of phenols is 1. The zero-order valence-corrected chi connectivity index (χ0v) is 10.2. The molecule has 4 nitrogen and oxygen atoms in total. The monoisotopic (exact) mass is 255 g/mol. The Labute approximate surface area is 110 Å². The second-order valence-electron chi connectivity index (χ2n) is 4.27. The zero-order chi connectivity index (χ0) is 13.2. The molecule has 4 heteroatoms. The van der Waals surface area contributed by atoms with Gasteiger partial charge >= 0.3 is 0 Å². The number of phenolic OH excluding ortho intramolecular Hbond substituents is 1. The van der Waals surface area contributed by atoms with Crippen LogP contribution in [-0.2, 0) is 6.61 Å². The smallest absolute Gasteiger partial charge is 0.161 e. The molecule has 0 saturated carbocycles. The summed E-state index contributed by atoms with van der Waals surface area (Å²) >= 11 is 0. The Morgan fingerprint density at radius 1 is 1.11 bits per heavy atom. The fraction of sp³-hybridized carbons (Fsp3) is 0.0667. The Bertz CT molecular complexity index is 718. The topological polar surface area (TPSA) is 68.6 Å². The normalized spacial score (nSPS) is 10.7. The number of aromatic hydroxyl groups is 1. The molecule has 0 atom stereocenters. The summed E-state index contributed by atoms with van der Waals surface area (Å²) < 4.78 is 11.1. The van der Waals surface area contributed by atoms with E-state index < -0.39 is 0 Å². The number of benzene rings is 2. The van der Waals surface area contributed by atoms with Crippen molar-refractivity contribution in [3.05, 3.63) is 54.3 Å². The van der Waals surface area contributed by atoms with Gasteiger partial charge in [-0.15, -0.1) is 0 Å². The molecule has 3 aromatic rings. The number of nitrogens with two attached hydrogens (primary N) is 1. The van der Waals surface area contributed by atoms with Crippen molar-refractivity contribution in [3.8, 4) is 11.5 Å². The van der Waals surface area contributed by atoms with Crippen molar-refractivity contribution >= 4 is 16.7 Å². The SMILES string of the molecule is Nc1ccc2oc(COc3ccccc3O)cc2c1. The first-order valence-corrected chi connectivity index (χ1v) is 5.91. The van der Waals surface area contributed by atoms with Crippen molar-refractivity contribution in [2.24, 2.45) is 0 Å². The lowest BCUT2D eigenvalue weighted by atomic mass is 10.2. The third-order valence-electron chi connectivity index (χ3n) is 2.83. The van der Waals surface area contributed by atoms with Gasteiger partial charge in [-0.05, 0) is 36.4 Å². The Balaban J connectivity index is 1.80. The third kappa shape index (κ3) is 2.33. The van der Waals surface area contributed by atoms with Crippen LogP contribution < -0.4 is 10.5 Å². The highest BCUT2D eigenvalue weighted by atomic mass is 16.5. The zero-order valence-electron chi connectivity index (χ0n) is 10.2. The Hall–Kier alpha value is -2.62. The predicted molar refractivity (Wildman–Crippen MR) is 73.1 cm³/mol. The molecule has 0 unspecified atom stereocenters. The van der Waals surface area contributed by atoms with Gasteiger partial charge in [-0.3, -0.25) is 0 Å². The first-order valence-electron chi connectivity index (χ1n) is 5.91. The molecule has 0 radical (unpaired) electrons. The molecule has 2 aromatic carbocycles. The highest BCUT2D eigenvalue weighted by Gasteiger charge is 2.06. The van der Waals surface area contributed by atoms with Crippen molar-refractivity contribution < 1.29 is 14.3 Å². The molecule has 3 N–H and O–H groups in total. The van der Waals surface area contributed by atoms with Crippen LogP contribution in [0.2, 0.25) is 0 Å². The average molecular weight is 255 g/mol. The van der Waals surface area contributed by atoms with Crippen LogP contribution >= 0.6 is 0 Å². The summed E-state index contributed by atoms with van der Waals surface area (Å²) in [7, 11) is 0. The van der Waals surface area contributed by atoms with Gasteiger partial charge in [0, 0.05) is 11.1 Å². The molecule has 19 heavy (non-hydrogen) atoms. The highest BCUT2D eigenvalue weighted by molar-refractivity contribution is 5.81. The summed E-state index contributed by atoms with van der Waals surface area (Å²) in [4.78, 5) is 0. The van der Waals surface area contributed by atoms with Gasteiger partial charge in [-0.25, -0.2) is 0 Å². The van der Waals surface area contributed by atoms with E-state index in [9.17, 15) is 5.11 Å². The number of fused-ring (bicyclic) bond motifs is 1. The molecule has 0 aliphatic rings. The number of hydrogen-bond donors (Lipinski definition) is 2. The van der Waals surface area contributed by atoms with Gasteiger partial charge in [0.05, 0.1) is 0 Å². The number of furan rings is 1. The Morgan fingerprint density at radius 2 is 1.95 bits per heavy atom. The first kappa shape index (κ1) is 11.5. The lowest BCUT2D eigenvalue weighted by Crippen LogP contribution is -1.93. The van der Waals surface area contributed by atoms with Gasteiger partial charge < -0.3 is 20.0 Å². The van der Waals surface area contributed by atoms with Crippen molar-refractivity contribution in [1.29, 1.82) is 0 Å². The molecular weight excluding hydrogens is 242 g/mol. The molecule has 0 saturated heterocycles. The van der Waals surface area contributed by atoms with E-state index in [4.69, 9.17) is 14.9 Å². The van der Waals surface area contributed by atoms with Crippen LogP contribution in [-0.4, -0.2) is 5.11 Å². The second kappa shape index (κ2) is 4.57. The summed E-state index contributed by atoms with van der Waals surface area (Å²) in [6.07, 6.45) is 0. The highest BCUT2D eigenvalue weighted by Crippen LogP contribution is 2.27. The second-order valence-corrected chi connectivity index (χ2v) is 4.27. The van der Waals surface area contributed by atoms with Gasteiger partial charge in [0.15, 0.2) is 11.5 Å². The minimum atomic E-state index is 0.114. The summed E-state index contributed by atoms with van der Waals surface area (Å²) in [5, 5.41) is 10.5. The van der Waals surface area contributed by atoms with E-state index in [-0.39, 0.29) is 12.4 Å². The van der Waals surface area contributed by atoms with Crippen molar-refractivity contribution in [3.63, 3.8) is 0 Å². The first-order chi connectivity index (χ1) is 9.22. The maximum absolute atomic E-state index is 9.59. The number of hydrogen-bond acceptors (Lipinski definition) is 4. The summed E-state index contributed by atoms with van der Waals surface area (Å²) in [6, 6.07) is 14.2. The maximum Gasteiger partial charge on any atom is 0.161 e. The largest absolute Gasteiger partial charge is 0.504 e. The molecule has 0 amide bonds. The van der Waals surface area contributed by atoms with Crippen LogP contribution in [0.25, 0.3) is 11.0 Å². The van der Waals surface area contributed by atoms with E-state index in [2.05, 4.69) is 0 Å². The standard InChI is InChI=1S/C15H13NO3/c16-11-5-6-14-10(7-11)8-12(19-14)9-18-15-4-2-1-3-13(15)17/h1-8,17H,9,16H2. The van der Waals surface area contributed by atoms with Crippen LogP contribution in [0.3, 0.4) is 0 Å². The minimum Gasteiger partial charge on any atom is -0.504 e. The van der Waals surface area contributed by atoms with Gasteiger partial charge in [-0.1, -0.05) is 12.1 Å². The number of nitrogen functional groups attached to an aromatic ring is 1. The average Bonchev–Trinajstić information content (AvgIpc) is 2.79. The Morgan fingerprint density at radius 3 is 2.79 bits per heavy atom. The van der Waals surface area contributed by atoms with Gasteiger partial charge in [-0.2, -0.15) is 0 Å². The van der Waals surface area contributed by atoms with Crippen LogP contribution in [0.15, 0.2) is 52.9 Å².